The zero-order valence-corrected chi connectivity index (χ0v) is 12.3. The molecule has 7 heteroatoms. The second-order valence-electron chi connectivity index (χ2n) is 4.20. The number of methoxy groups -OCH3 is 3. The third kappa shape index (κ3) is 3.03. The van der Waals surface area contributed by atoms with Gasteiger partial charge in [0.05, 0.1) is 21.3 Å². The molecule has 114 valence electrons. The standard InChI is InChI=1S/C15H14N2O5/c1-20-10-6-4-9(5-7-10)11-8-12(14(18)21-2)16-17-13(11)15(19)22-3/h4-8H,1-3H3. The van der Waals surface area contributed by atoms with Crippen molar-refractivity contribution in [3.63, 3.8) is 0 Å². The highest BCUT2D eigenvalue weighted by molar-refractivity contribution is 5.97. The van der Waals surface area contributed by atoms with Gasteiger partial charge in [0, 0.05) is 5.56 Å². The van der Waals surface area contributed by atoms with Crippen molar-refractivity contribution in [2.24, 2.45) is 0 Å². The molecule has 0 saturated heterocycles. The normalized spacial score (nSPS) is 9.95. The van der Waals surface area contributed by atoms with Crippen LogP contribution in [0, 0.1) is 0 Å². The number of nitrogens with zero attached hydrogens (tertiary/aromatic N) is 2. The fraction of sp³-hybridized carbons (Fsp3) is 0.200. The summed E-state index contributed by atoms with van der Waals surface area (Å²) < 4.78 is 14.4. The molecule has 0 aliphatic carbocycles. The predicted molar refractivity (Wildman–Crippen MR) is 76.7 cm³/mol. The largest absolute Gasteiger partial charge is 0.497 e. The summed E-state index contributed by atoms with van der Waals surface area (Å²) in [4.78, 5) is 23.4. The first-order valence-electron chi connectivity index (χ1n) is 6.29. The molecule has 1 aromatic carbocycles. The number of esters is 2. The zero-order valence-electron chi connectivity index (χ0n) is 12.3. The summed E-state index contributed by atoms with van der Waals surface area (Å²) in [5.41, 5.74) is 1.10. The second kappa shape index (κ2) is 6.66. The van der Waals surface area contributed by atoms with Crippen molar-refractivity contribution in [3.8, 4) is 16.9 Å². The molecular weight excluding hydrogens is 288 g/mol. The molecule has 0 aliphatic rings. The van der Waals surface area contributed by atoms with Crippen LogP contribution in [0.4, 0.5) is 0 Å². The molecular formula is C15H14N2O5. The van der Waals surface area contributed by atoms with Gasteiger partial charge in [-0.2, -0.15) is 0 Å². The molecule has 0 unspecified atom stereocenters. The maximum atomic E-state index is 11.8. The van der Waals surface area contributed by atoms with Gasteiger partial charge in [-0.15, -0.1) is 10.2 Å². The van der Waals surface area contributed by atoms with Gasteiger partial charge in [-0.1, -0.05) is 12.1 Å². The Bertz CT molecular complexity index is 698. The molecule has 1 heterocycles. The van der Waals surface area contributed by atoms with Gasteiger partial charge in [0.2, 0.25) is 0 Å². The van der Waals surface area contributed by atoms with Gasteiger partial charge in [-0.25, -0.2) is 9.59 Å². The molecule has 0 fully saturated rings. The average Bonchev–Trinajstić information content (AvgIpc) is 2.59. The van der Waals surface area contributed by atoms with Crippen molar-refractivity contribution >= 4 is 11.9 Å². The Morgan fingerprint density at radius 1 is 0.909 bits per heavy atom. The van der Waals surface area contributed by atoms with Crippen LogP contribution >= 0.6 is 0 Å². The summed E-state index contributed by atoms with van der Waals surface area (Å²) in [7, 11) is 4.04. The van der Waals surface area contributed by atoms with E-state index in [1.807, 2.05) is 0 Å². The van der Waals surface area contributed by atoms with E-state index in [2.05, 4.69) is 19.7 Å². The maximum Gasteiger partial charge on any atom is 0.359 e. The number of ether oxygens (including phenoxy) is 3. The summed E-state index contributed by atoms with van der Waals surface area (Å²) in [5.74, 6) is -0.619. The van der Waals surface area contributed by atoms with Gasteiger partial charge in [-0.3, -0.25) is 0 Å². The lowest BCUT2D eigenvalue weighted by atomic mass is 10.0. The van der Waals surface area contributed by atoms with E-state index in [9.17, 15) is 9.59 Å². The van der Waals surface area contributed by atoms with E-state index >= 15 is 0 Å². The van der Waals surface area contributed by atoms with Crippen molar-refractivity contribution < 1.29 is 23.8 Å². The molecule has 0 saturated carbocycles. The molecule has 0 amide bonds. The minimum Gasteiger partial charge on any atom is -0.497 e. The maximum absolute atomic E-state index is 11.8. The smallest absolute Gasteiger partial charge is 0.359 e. The van der Waals surface area contributed by atoms with E-state index in [0.717, 1.165) is 0 Å². The Labute approximate surface area is 126 Å². The summed E-state index contributed by atoms with van der Waals surface area (Å²) >= 11 is 0. The SMILES string of the molecule is COC(=O)c1cc(-c2ccc(OC)cc2)c(C(=O)OC)nn1. The summed E-state index contributed by atoms with van der Waals surface area (Å²) in [5, 5.41) is 7.47. The van der Waals surface area contributed by atoms with E-state index < -0.39 is 11.9 Å². The van der Waals surface area contributed by atoms with Crippen molar-refractivity contribution in [2.45, 2.75) is 0 Å². The fourth-order valence-corrected chi connectivity index (χ4v) is 1.83. The minimum absolute atomic E-state index is 0.000899. The van der Waals surface area contributed by atoms with Crippen LogP contribution in [0.3, 0.4) is 0 Å². The third-order valence-electron chi connectivity index (χ3n) is 2.97. The van der Waals surface area contributed by atoms with E-state index in [1.165, 1.54) is 20.3 Å². The lowest BCUT2D eigenvalue weighted by Gasteiger charge is -2.09. The Kier molecular flexibility index (Phi) is 4.67. The van der Waals surface area contributed by atoms with Gasteiger partial charge in [0.15, 0.2) is 11.4 Å². The van der Waals surface area contributed by atoms with Crippen LogP contribution in [-0.4, -0.2) is 43.5 Å². The Morgan fingerprint density at radius 2 is 1.55 bits per heavy atom. The predicted octanol–water partition coefficient (Wildman–Crippen LogP) is 1.73. The zero-order chi connectivity index (χ0) is 16.1. The van der Waals surface area contributed by atoms with Crippen LogP contribution in [0.15, 0.2) is 30.3 Å². The van der Waals surface area contributed by atoms with Crippen LogP contribution in [-0.2, 0) is 9.47 Å². The molecule has 0 spiro atoms. The lowest BCUT2D eigenvalue weighted by Crippen LogP contribution is -2.12. The van der Waals surface area contributed by atoms with Gasteiger partial charge in [0.1, 0.15) is 5.75 Å². The quantitative estimate of drug-likeness (QED) is 0.795. The molecule has 0 radical (unpaired) electrons. The Balaban J connectivity index is 2.57. The van der Waals surface area contributed by atoms with Crippen LogP contribution in [0.2, 0.25) is 0 Å². The summed E-state index contributed by atoms with van der Waals surface area (Å²) in [6, 6.07) is 8.38. The highest BCUT2D eigenvalue weighted by Crippen LogP contribution is 2.25. The molecule has 0 atom stereocenters. The van der Waals surface area contributed by atoms with Crippen molar-refractivity contribution in [1.29, 1.82) is 0 Å². The molecule has 2 rings (SSSR count). The molecule has 1 aromatic heterocycles. The number of hydrogen-bond acceptors (Lipinski definition) is 7. The molecule has 0 bridgehead atoms. The number of benzene rings is 1. The molecule has 2 aromatic rings. The molecule has 0 N–H and O–H groups in total. The summed E-state index contributed by atoms with van der Waals surface area (Å²) in [6.07, 6.45) is 0. The average molecular weight is 302 g/mol. The number of aromatic nitrogens is 2. The van der Waals surface area contributed by atoms with Gasteiger partial charge in [0.25, 0.3) is 0 Å². The fourth-order valence-electron chi connectivity index (χ4n) is 1.83. The lowest BCUT2D eigenvalue weighted by molar-refractivity contribution is 0.0574. The topological polar surface area (TPSA) is 87.6 Å². The number of hydrogen-bond donors (Lipinski definition) is 0. The highest BCUT2D eigenvalue weighted by atomic mass is 16.5. The van der Waals surface area contributed by atoms with E-state index in [0.29, 0.717) is 16.9 Å². The van der Waals surface area contributed by atoms with Gasteiger partial charge < -0.3 is 14.2 Å². The van der Waals surface area contributed by atoms with Crippen molar-refractivity contribution in [3.05, 3.63) is 41.7 Å². The third-order valence-corrected chi connectivity index (χ3v) is 2.97. The second-order valence-corrected chi connectivity index (χ2v) is 4.20. The first-order valence-corrected chi connectivity index (χ1v) is 6.29. The van der Waals surface area contributed by atoms with Crippen LogP contribution in [0.5, 0.6) is 5.75 Å². The van der Waals surface area contributed by atoms with Gasteiger partial charge in [-0.05, 0) is 23.8 Å². The first-order chi connectivity index (χ1) is 10.6. The van der Waals surface area contributed by atoms with Crippen molar-refractivity contribution in [1.82, 2.24) is 10.2 Å². The number of rotatable bonds is 4. The monoisotopic (exact) mass is 302 g/mol. The van der Waals surface area contributed by atoms with E-state index in [4.69, 9.17) is 4.74 Å². The van der Waals surface area contributed by atoms with Gasteiger partial charge >= 0.3 is 11.9 Å². The Hall–Kier alpha value is -2.96. The van der Waals surface area contributed by atoms with E-state index in [1.54, 1.807) is 31.4 Å². The molecule has 7 nitrogen and oxygen atoms in total. The molecule has 0 aliphatic heterocycles. The summed E-state index contributed by atoms with van der Waals surface area (Å²) in [6.45, 7) is 0. The number of carbonyl (C=O) groups is 2. The minimum atomic E-state index is -0.644. The molecule has 22 heavy (non-hydrogen) atoms. The number of carbonyl (C=O) groups excluding carboxylic acids is 2. The van der Waals surface area contributed by atoms with Crippen molar-refractivity contribution in [2.75, 3.05) is 21.3 Å². The van der Waals surface area contributed by atoms with Crippen LogP contribution < -0.4 is 4.74 Å². The first kappa shape index (κ1) is 15.4. The Morgan fingerprint density at radius 3 is 2.09 bits per heavy atom. The van der Waals surface area contributed by atoms with E-state index in [-0.39, 0.29) is 11.4 Å². The van der Waals surface area contributed by atoms with Crippen LogP contribution in [0.1, 0.15) is 21.0 Å². The highest BCUT2D eigenvalue weighted by Gasteiger charge is 2.20. The van der Waals surface area contributed by atoms with Crippen LogP contribution in [0.25, 0.3) is 11.1 Å².